The van der Waals surface area contributed by atoms with Crippen LogP contribution in [0.4, 0.5) is 0 Å². The van der Waals surface area contributed by atoms with Crippen LogP contribution in [0.5, 0.6) is 5.75 Å². The van der Waals surface area contributed by atoms with Gasteiger partial charge in [0, 0.05) is 11.8 Å². The minimum Gasteiger partial charge on any atom is -0.484 e. The van der Waals surface area contributed by atoms with Crippen LogP contribution in [0.2, 0.25) is 0 Å². The summed E-state index contributed by atoms with van der Waals surface area (Å²) >= 11 is 1.37. The first-order chi connectivity index (χ1) is 11.6. The van der Waals surface area contributed by atoms with Crippen molar-refractivity contribution in [1.82, 2.24) is 10.2 Å². The lowest BCUT2D eigenvalue weighted by molar-refractivity contribution is -0.141. The number of carbonyl (C=O) groups is 3. The van der Waals surface area contributed by atoms with Gasteiger partial charge in [-0.05, 0) is 12.1 Å². The number of benzene rings is 1. The Bertz CT molecular complexity index is 691. The van der Waals surface area contributed by atoms with Gasteiger partial charge in [0.25, 0.3) is 11.8 Å². The Morgan fingerprint density at radius 1 is 1.33 bits per heavy atom. The Morgan fingerprint density at radius 2 is 2.08 bits per heavy atom. The quantitative estimate of drug-likeness (QED) is 0.795. The van der Waals surface area contributed by atoms with Crippen molar-refractivity contribution < 1.29 is 23.9 Å². The van der Waals surface area contributed by atoms with E-state index >= 15 is 0 Å². The average molecular weight is 348 g/mol. The molecule has 2 atom stereocenters. The van der Waals surface area contributed by atoms with Crippen LogP contribution >= 0.6 is 11.8 Å². The number of amides is 2. The van der Waals surface area contributed by atoms with Gasteiger partial charge in [0.2, 0.25) is 0 Å². The first kappa shape index (κ1) is 16.4. The van der Waals surface area contributed by atoms with Gasteiger partial charge in [-0.3, -0.25) is 14.5 Å². The molecule has 1 aromatic rings. The number of hydrogen-bond acceptors (Lipinski definition) is 6. The van der Waals surface area contributed by atoms with Crippen LogP contribution < -0.4 is 10.1 Å². The van der Waals surface area contributed by atoms with Crippen LogP contribution in [0.15, 0.2) is 41.4 Å². The largest absolute Gasteiger partial charge is 0.484 e. The van der Waals surface area contributed by atoms with E-state index in [-0.39, 0.29) is 29.5 Å². The first-order valence-electron chi connectivity index (χ1n) is 7.34. The highest BCUT2D eigenvalue weighted by Crippen LogP contribution is 2.39. The van der Waals surface area contributed by atoms with Gasteiger partial charge in [-0.25, -0.2) is 4.79 Å². The number of thioether (sulfide) groups is 1. The number of ether oxygens (including phenoxy) is 2. The van der Waals surface area contributed by atoms with Crippen LogP contribution in [0, 0.1) is 0 Å². The molecule has 2 aliphatic rings. The Hall–Kier alpha value is -2.48. The lowest BCUT2D eigenvalue weighted by Gasteiger charge is -2.17. The molecule has 1 N–H and O–H groups in total. The van der Waals surface area contributed by atoms with E-state index in [1.165, 1.54) is 23.8 Å². The molecule has 2 amide bonds. The molecule has 0 bridgehead atoms. The molecule has 8 heteroatoms. The van der Waals surface area contributed by atoms with E-state index in [4.69, 9.17) is 4.74 Å². The fourth-order valence-electron chi connectivity index (χ4n) is 2.58. The molecule has 0 spiro atoms. The number of carbonyl (C=O) groups excluding carboxylic acids is 3. The predicted molar refractivity (Wildman–Crippen MR) is 86.8 cm³/mol. The first-order valence-corrected chi connectivity index (χ1v) is 8.28. The zero-order valence-corrected chi connectivity index (χ0v) is 13.7. The summed E-state index contributed by atoms with van der Waals surface area (Å²) in [6, 6.07) is 8.28. The normalized spacial score (nSPS) is 22.0. The molecule has 3 rings (SSSR count). The van der Waals surface area contributed by atoms with Gasteiger partial charge in [0.05, 0.1) is 12.5 Å². The van der Waals surface area contributed by atoms with Crippen LogP contribution in [-0.2, 0) is 19.1 Å². The van der Waals surface area contributed by atoms with Gasteiger partial charge in [-0.1, -0.05) is 18.2 Å². The van der Waals surface area contributed by atoms with E-state index in [0.29, 0.717) is 12.2 Å². The van der Waals surface area contributed by atoms with Gasteiger partial charge in [-0.2, -0.15) is 0 Å². The molecule has 1 fully saturated rings. The van der Waals surface area contributed by atoms with Gasteiger partial charge < -0.3 is 14.8 Å². The Labute approximate surface area is 143 Å². The minimum absolute atomic E-state index is 0.175. The molecule has 24 heavy (non-hydrogen) atoms. The number of nitrogens with one attached hydrogen (secondary N) is 1. The topological polar surface area (TPSA) is 84.9 Å². The second kappa shape index (κ2) is 6.96. The summed E-state index contributed by atoms with van der Waals surface area (Å²) in [4.78, 5) is 37.5. The van der Waals surface area contributed by atoms with Crippen LogP contribution in [0.25, 0.3) is 0 Å². The van der Waals surface area contributed by atoms with Crippen molar-refractivity contribution in [3.63, 3.8) is 0 Å². The van der Waals surface area contributed by atoms with Crippen molar-refractivity contribution in [1.29, 1.82) is 0 Å². The Balaban J connectivity index is 1.55. The lowest BCUT2D eigenvalue weighted by Crippen LogP contribution is -2.43. The van der Waals surface area contributed by atoms with Crippen LogP contribution in [-0.4, -0.2) is 47.8 Å². The third-order valence-corrected chi connectivity index (χ3v) is 4.78. The molecule has 0 unspecified atom stereocenters. The second-order valence-corrected chi connectivity index (χ2v) is 6.30. The predicted octanol–water partition coefficient (Wildman–Crippen LogP) is 0.870. The van der Waals surface area contributed by atoms with Crippen molar-refractivity contribution in [2.24, 2.45) is 0 Å². The number of para-hydroxylation sites is 1. The summed E-state index contributed by atoms with van der Waals surface area (Å²) in [6.07, 6.45) is 0.428. The number of hydrogen-bond donors (Lipinski definition) is 1. The van der Waals surface area contributed by atoms with Crippen molar-refractivity contribution in [2.45, 2.75) is 17.8 Å². The number of esters is 1. The minimum atomic E-state index is -0.664. The molecular formula is C16H16N2O5S. The molecule has 1 saturated heterocycles. The van der Waals surface area contributed by atoms with E-state index < -0.39 is 12.0 Å². The molecule has 1 aromatic carbocycles. The number of fused-ring (bicyclic) bond motifs is 1. The molecule has 2 aliphatic heterocycles. The summed E-state index contributed by atoms with van der Waals surface area (Å²) in [5.41, 5.74) is 0.217. The van der Waals surface area contributed by atoms with Gasteiger partial charge in [0.15, 0.2) is 6.61 Å². The summed E-state index contributed by atoms with van der Waals surface area (Å²) in [7, 11) is 1.27. The van der Waals surface area contributed by atoms with E-state index in [1.807, 2.05) is 6.07 Å². The van der Waals surface area contributed by atoms with E-state index in [1.54, 1.807) is 29.7 Å². The SMILES string of the molecule is COC(=O)C1=CS[C@@H]2C[C@H](NC(=O)COc3ccccc3)C(=O)N12. The zero-order valence-electron chi connectivity index (χ0n) is 12.9. The fraction of sp³-hybridized carbons (Fsp3) is 0.312. The van der Waals surface area contributed by atoms with Crippen molar-refractivity contribution in [2.75, 3.05) is 13.7 Å². The van der Waals surface area contributed by atoms with Crippen LogP contribution in [0.1, 0.15) is 6.42 Å². The van der Waals surface area contributed by atoms with Crippen LogP contribution in [0.3, 0.4) is 0 Å². The smallest absolute Gasteiger partial charge is 0.355 e. The van der Waals surface area contributed by atoms with Gasteiger partial charge in [0.1, 0.15) is 17.5 Å². The van der Waals surface area contributed by atoms with E-state index in [0.717, 1.165) is 0 Å². The third-order valence-electron chi connectivity index (χ3n) is 3.70. The highest BCUT2D eigenvalue weighted by molar-refractivity contribution is 8.03. The van der Waals surface area contributed by atoms with E-state index in [9.17, 15) is 14.4 Å². The van der Waals surface area contributed by atoms with Gasteiger partial charge >= 0.3 is 5.97 Å². The summed E-state index contributed by atoms with van der Waals surface area (Å²) in [6.45, 7) is -0.175. The maximum Gasteiger partial charge on any atom is 0.355 e. The third kappa shape index (κ3) is 3.23. The highest BCUT2D eigenvalue weighted by atomic mass is 32.2. The monoisotopic (exact) mass is 348 g/mol. The molecule has 7 nitrogen and oxygen atoms in total. The summed E-state index contributed by atoms with van der Waals surface area (Å²) < 4.78 is 10.0. The number of rotatable bonds is 5. The maximum absolute atomic E-state index is 12.4. The van der Waals surface area contributed by atoms with E-state index in [2.05, 4.69) is 10.1 Å². The standard InChI is InChI=1S/C16H16N2O5S/c1-22-16(21)12-9-24-14-7-11(15(20)18(12)14)17-13(19)8-23-10-5-3-2-4-6-10/h2-6,9,11,14H,7-8H2,1H3,(H,17,19)/t11-,14+/m0/s1. The lowest BCUT2D eigenvalue weighted by atomic mass is 10.2. The van der Waals surface area contributed by atoms with Crippen molar-refractivity contribution in [3.8, 4) is 5.75 Å². The molecule has 0 saturated carbocycles. The summed E-state index contributed by atoms with van der Waals surface area (Å²) in [5, 5.41) is 4.09. The van der Waals surface area contributed by atoms with Crippen molar-refractivity contribution >= 4 is 29.5 Å². The fourth-order valence-corrected chi connectivity index (χ4v) is 3.72. The number of nitrogens with zero attached hydrogens (tertiary/aromatic N) is 1. The van der Waals surface area contributed by atoms with Crippen molar-refractivity contribution in [3.05, 3.63) is 41.4 Å². The van der Waals surface area contributed by atoms with Gasteiger partial charge in [-0.15, -0.1) is 11.8 Å². The summed E-state index contributed by atoms with van der Waals surface area (Å²) in [5.74, 6) is -0.670. The molecule has 0 aromatic heterocycles. The zero-order chi connectivity index (χ0) is 17.1. The molecule has 2 heterocycles. The Kier molecular flexibility index (Phi) is 4.75. The average Bonchev–Trinajstić information content (AvgIpc) is 3.14. The molecule has 0 aliphatic carbocycles. The molecular weight excluding hydrogens is 332 g/mol. The molecule has 0 radical (unpaired) electrons. The Morgan fingerprint density at radius 3 is 2.79 bits per heavy atom. The molecule has 126 valence electrons. The second-order valence-electron chi connectivity index (χ2n) is 5.25. The highest BCUT2D eigenvalue weighted by Gasteiger charge is 2.47. The maximum atomic E-state index is 12.4. The number of methoxy groups -OCH3 is 1.